The van der Waals surface area contributed by atoms with E-state index in [4.69, 9.17) is 23.2 Å². The average molecular weight is 368 g/mol. The second-order valence-corrected chi connectivity index (χ2v) is 6.41. The molecule has 0 bridgehead atoms. The molecule has 0 atom stereocenters. The zero-order valence-corrected chi connectivity index (χ0v) is 14.3. The molecule has 0 radical (unpaired) electrons. The molecule has 1 amide bonds. The standard InChI is InChI=1S/C14H11Cl2N5OS/c1-8-18-19-11-5-6-13(20-21(8)11)23-7-12(22)17-10-4-2-3-9(15)14(10)16/h2-6H,7H2,1H3,(H,17,22). The molecule has 1 aromatic carbocycles. The van der Waals surface area contributed by atoms with Crippen LogP contribution in [0, 0.1) is 6.92 Å². The minimum absolute atomic E-state index is 0.193. The van der Waals surface area contributed by atoms with E-state index in [-0.39, 0.29) is 11.7 Å². The van der Waals surface area contributed by atoms with Gasteiger partial charge in [-0.2, -0.15) is 9.61 Å². The van der Waals surface area contributed by atoms with Crippen molar-refractivity contribution in [1.82, 2.24) is 19.8 Å². The van der Waals surface area contributed by atoms with Crippen LogP contribution in [0.1, 0.15) is 5.82 Å². The Bertz CT molecular complexity index is 883. The van der Waals surface area contributed by atoms with Gasteiger partial charge in [0.15, 0.2) is 11.5 Å². The number of aryl methyl sites for hydroxylation is 1. The number of nitrogens with one attached hydrogen (secondary N) is 1. The van der Waals surface area contributed by atoms with E-state index >= 15 is 0 Å². The largest absolute Gasteiger partial charge is 0.324 e. The minimum atomic E-state index is -0.193. The van der Waals surface area contributed by atoms with Gasteiger partial charge in [0, 0.05) is 0 Å². The van der Waals surface area contributed by atoms with E-state index < -0.39 is 0 Å². The summed E-state index contributed by atoms with van der Waals surface area (Å²) < 4.78 is 1.63. The number of hydrogen-bond donors (Lipinski definition) is 1. The van der Waals surface area contributed by atoms with Crippen molar-refractivity contribution >= 4 is 52.2 Å². The lowest BCUT2D eigenvalue weighted by Gasteiger charge is -2.08. The number of rotatable bonds is 4. The number of nitrogens with zero attached hydrogens (tertiary/aromatic N) is 4. The first kappa shape index (κ1) is 16.0. The number of thioether (sulfide) groups is 1. The van der Waals surface area contributed by atoms with Crippen LogP contribution >= 0.6 is 35.0 Å². The first-order valence-electron chi connectivity index (χ1n) is 6.60. The lowest BCUT2D eigenvalue weighted by atomic mass is 10.3. The van der Waals surface area contributed by atoms with Gasteiger partial charge in [-0.1, -0.05) is 41.0 Å². The molecule has 3 aromatic rings. The molecule has 1 N–H and O–H groups in total. The van der Waals surface area contributed by atoms with Crippen LogP contribution < -0.4 is 5.32 Å². The zero-order chi connectivity index (χ0) is 16.4. The van der Waals surface area contributed by atoms with Crippen molar-refractivity contribution in [3.8, 4) is 0 Å². The third kappa shape index (κ3) is 3.57. The summed E-state index contributed by atoms with van der Waals surface area (Å²) in [6.07, 6.45) is 0. The molecule has 2 aromatic heterocycles. The molecule has 0 saturated heterocycles. The molecule has 6 nitrogen and oxygen atoms in total. The zero-order valence-electron chi connectivity index (χ0n) is 12.0. The van der Waals surface area contributed by atoms with Gasteiger partial charge in [-0.3, -0.25) is 4.79 Å². The van der Waals surface area contributed by atoms with Crippen molar-refractivity contribution in [3.05, 3.63) is 46.2 Å². The highest BCUT2D eigenvalue weighted by molar-refractivity contribution is 7.99. The summed E-state index contributed by atoms with van der Waals surface area (Å²) in [5.41, 5.74) is 1.16. The Balaban J connectivity index is 1.66. The number of aromatic nitrogens is 4. The van der Waals surface area contributed by atoms with Gasteiger partial charge >= 0.3 is 0 Å². The molecular formula is C14H11Cl2N5OS. The normalized spacial score (nSPS) is 10.9. The molecule has 0 spiro atoms. The molecule has 0 aliphatic rings. The third-order valence-electron chi connectivity index (χ3n) is 2.97. The van der Waals surface area contributed by atoms with Crippen molar-refractivity contribution in [2.24, 2.45) is 0 Å². The Morgan fingerprint density at radius 3 is 2.91 bits per heavy atom. The Labute approximate surface area is 146 Å². The van der Waals surface area contributed by atoms with E-state index in [1.165, 1.54) is 11.8 Å². The van der Waals surface area contributed by atoms with E-state index in [1.807, 2.05) is 6.92 Å². The first-order chi connectivity index (χ1) is 11.0. The Morgan fingerprint density at radius 1 is 1.26 bits per heavy atom. The first-order valence-corrected chi connectivity index (χ1v) is 8.34. The van der Waals surface area contributed by atoms with Crippen LogP contribution in [0.4, 0.5) is 5.69 Å². The van der Waals surface area contributed by atoms with E-state index in [0.717, 1.165) is 0 Å². The van der Waals surface area contributed by atoms with Crippen molar-refractivity contribution < 1.29 is 4.79 Å². The number of fused-ring (bicyclic) bond motifs is 1. The highest BCUT2D eigenvalue weighted by atomic mass is 35.5. The second kappa shape index (κ2) is 6.74. The molecule has 9 heteroatoms. The van der Waals surface area contributed by atoms with Crippen molar-refractivity contribution in [2.75, 3.05) is 11.1 Å². The maximum absolute atomic E-state index is 12.0. The summed E-state index contributed by atoms with van der Waals surface area (Å²) in [5, 5.41) is 16.4. The number of halogens is 2. The number of carbonyl (C=O) groups is 1. The van der Waals surface area contributed by atoms with E-state index in [2.05, 4.69) is 20.6 Å². The Morgan fingerprint density at radius 2 is 2.09 bits per heavy atom. The van der Waals surface area contributed by atoms with Crippen LogP contribution in [-0.4, -0.2) is 31.5 Å². The lowest BCUT2D eigenvalue weighted by Crippen LogP contribution is -2.14. The maximum atomic E-state index is 12.0. The number of anilines is 1. The molecule has 23 heavy (non-hydrogen) atoms. The number of benzene rings is 1. The van der Waals surface area contributed by atoms with Crippen LogP contribution in [-0.2, 0) is 4.79 Å². The van der Waals surface area contributed by atoms with Crippen LogP contribution in [0.15, 0.2) is 35.4 Å². The summed E-state index contributed by atoms with van der Waals surface area (Å²) in [6, 6.07) is 8.69. The summed E-state index contributed by atoms with van der Waals surface area (Å²) in [4.78, 5) is 12.0. The number of hydrogen-bond acceptors (Lipinski definition) is 5. The average Bonchev–Trinajstić information content (AvgIpc) is 2.91. The van der Waals surface area contributed by atoms with Crippen LogP contribution in [0.25, 0.3) is 5.65 Å². The van der Waals surface area contributed by atoms with Crippen LogP contribution in [0.3, 0.4) is 0 Å². The van der Waals surface area contributed by atoms with E-state index in [1.54, 1.807) is 34.8 Å². The summed E-state index contributed by atoms with van der Waals surface area (Å²) >= 11 is 13.3. The topological polar surface area (TPSA) is 72.2 Å². The predicted molar refractivity (Wildman–Crippen MR) is 91.3 cm³/mol. The van der Waals surface area contributed by atoms with Crippen LogP contribution in [0.2, 0.25) is 10.0 Å². The molecule has 0 aliphatic carbocycles. The van der Waals surface area contributed by atoms with Gasteiger partial charge in [0.2, 0.25) is 5.91 Å². The molecule has 0 fully saturated rings. The van der Waals surface area contributed by atoms with Gasteiger partial charge in [-0.25, -0.2) is 0 Å². The second-order valence-electron chi connectivity index (χ2n) is 4.63. The SMILES string of the molecule is Cc1nnc2ccc(SCC(=O)Nc3cccc(Cl)c3Cl)nn12. The van der Waals surface area contributed by atoms with Crippen LogP contribution in [0.5, 0.6) is 0 Å². The molecule has 118 valence electrons. The van der Waals surface area contributed by atoms with Crippen molar-refractivity contribution in [2.45, 2.75) is 11.9 Å². The monoisotopic (exact) mass is 367 g/mol. The molecule has 0 unspecified atom stereocenters. The van der Waals surface area contributed by atoms with Gasteiger partial charge in [-0.15, -0.1) is 10.2 Å². The molecule has 0 aliphatic heterocycles. The summed E-state index contributed by atoms with van der Waals surface area (Å²) in [5.74, 6) is 0.696. The Kier molecular flexibility index (Phi) is 4.70. The van der Waals surface area contributed by atoms with Gasteiger partial charge in [0.05, 0.1) is 21.5 Å². The Hall–Kier alpha value is -1.83. The molecule has 3 rings (SSSR count). The fourth-order valence-electron chi connectivity index (χ4n) is 1.88. The van der Waals surface area contributed by atoms with Gasteiger partial charge in [0.25, 0.3) is 0 Å². The van der Waals surface area contributed by atoms with E-state index in [9.17, 15) is 4.79 Å². The van der Waals surface area contributed by atoms with Gasteiger partial charge in [0.1, 0.15) is 5.03 Å². The fourth-order valence-corrected chi connectivity index (χ4v) is 2.88. The highest BCUT2D eigenvalue weighted by Crippen LogP contribution is 2.29. The number of amides is 1. The molecule has 2 heterocycles. The van der Waals surface area contributed by atoms with Crippen molar-refractivity contribution in [3.63, 3.8) is 0 Å². The minimum Gasteiger partial charge on any atom is -0.324 e. The quantitative estimate of drug-likeness (QED) is 0.714. The van der Waals surface area contributed by atoms with Crippen molar-refractivity contribution in [1.29, 1.82) is 0 Å². The van der Waals surface area contributed by atoms with Gasteiger partial charge < -0.3 is 5.32 Å². The fraction of sp³-hybridized carbons (Fsp3) is 0.143. The maximum Gasteiger partial charge on any atom is 0.234 e. The third-order valence-corrected chi connectivity index (χ3v) is 4.71. The molecular weight excluding hydrogens is 357 g/mol. The smallest absolute Gasteiger partial charge is 0.234 e. The van der Waals surface area contributed by atoms with Gasteiger partial charge in [-0.05, 0) is 31.2 Å². The summed E-state index contributed by atoms with van der Waals surface area (Å²) in [6.45, 7) is 1.81. The number of carbonyl (C=O) groups excluding carboxylic acids is 1. The van der Waals surface area contributed by atoms with E-state index in [0.29, 0.717) is 32.2 Å². The summed E-state index contributed by atoms with van der Waals surface area (Å²) in [7, 11) is 0. The highest BCUT2D eigenvalue weighted by Gasteiger charge is 2.10. The lowest BCUT2D eigenvalue weighted by molar-refractivity contribution is -0.113. The predicted octanol–water partition coefficient (Wildman–Crippen LogP) is 3.47. The molecule has 0 saturated carbocycles.